The lowest BCUT2D eigenvalue weighted by Gasteiger charge is -2.28. The number of hydrogen-bond acceptors (Lipinski definition) is 3. The van der Waals surface area contributed by atoms with Crippen molar-refractivity contribution in [3.8, 4) is 0 Å². The lowest BCUT2D eigenvalue weighted by Crippen LogP contribution is -2.48. The van der Waals surface area contributed by atoms with E-state index in [2.05, 4.69) is 27.8 Å². The van der Waals surface area contributed by atoms with E-state index in [4.69, 9.17) is 0 Å². The van der Waals surface area contributed by atoms with Gasteiger partial charge in [-0.3, -0.25) is 9.89 Å². The number of amides is 1. The third-order valence-electron chi connectivity index (χ3n) is 3.36. The Bertz CT molecular complexity index is 363. The second-order valence-corrected chi connectivity index (χ2v) is 4.90. The molecule has 0 aromatic carbocycles. The van der Waals surface area contributed by atoms with Gasteiger partial charge in [0.1, 0.15) is 0 Å². The van der Waals surface area contributed by atoms with Crippen molar-refractivity contribution in [3.05, 3.63) is 18.0 Å². The number of rotatable bonds is 3. The van der Waals surface area contributed by atoms with Crippen molar-refractivity contribution in [2.45, 2.75) is 38.8 Å². The summed E-state index contributed by atoms with van der Waals surface area (Å²) in [6.45, 7) is 5.09. The van der Waals surface area contributed by atoms with E-state index in [1.165, 1.54) is 0 Å². The van der Waals surface area contributed by atoms with Crippen LogP contribution in [0.25, 0.3) is 0 Å². The summed E-state index contributed by atoms with van der Waals surface area (Å²) in [5.74, 6) is 0.710. The highest BCUT2D eigenvalue weighted by molar-refractivity contribution is 5.82. The Hall–Kier alpha value is -1.36. The number of aromatic nitrogens is 2. The zero-order valence-electron chi connectivity index (χ0n) is 10.4. The number of nitrogens with one attached hydrogen (secondary N) is 3. The summed E-state index contributed by atoms with van der Waals surface area (Å²) >= 11 is 0. The SMILES string of the molecule is CC1CCNC(C(=O)NC(C)c2cn[nH]c2)C1. The zero-order chi connectivity index (χ0) is 12.3. The summed E-state index contributed by atoms with van der Waals surface area (Å²) in [5.41, 5.74) is 1.00. The predicted molar refractivity (Wildman–Crippen MR) is 65.3 cm³/mol. The number of carbonyl (C=O) groups excluding carboxylic acids is 1. The van der Waals surface area contributed by atoms with Gasteiger partial charge in [0, 0.05) is 11.8 Å². The molecule has 0 saturated carbocycles. The van der Waals surface area contributed by atoms with E-state index in [-0.39, 0.29) is 18.0 Å². The summed E-state index contributed by atoms with van der Waals surface area (Å²) in [4.78, 5) is 12.0. The van der Waals surface area contributed by atoms with Crippen LogP contribution in [0.2, 0.25) is 0 Å². The third kappa shape index (κ3) is 3.06. The van der Waals surface area contributed by atoms with Crippen molar-refractivity contribution in [1.29, 1.82) is 0 Å². The standard InChI is InChI=1S/C12H20N4O/c1-8-3-4-13-11(5-8)12(17)16-9(2)10-6-14-15-7-10/h6-9,11,13H,3-5H2,1-2H3,(H,14,15)(H,16,17). The van der Waals surface area contributed by atoms with Crippen LogP contribution in [0.15, 0.2) is 12.4 Å². The maximum Gasteiger partial charge on any atom is 0.237 e. The summed E-state index contributed by atoms with van der Waals surface area (Å²) in [5, 5.41) is 12.9. The van der Waals surface area contributed by atoms with E-state index in [1.807, 2.05) is 13.1 Å². The normalized spacial score (nSPS) is 26.5. The largest absolute Gasteiger partial charge is 0.348 e. The van der Waals surface area contributed by atoms with Crippen LogP contribution in [-0.4, -0.2) is 28.7 Å². The van der Waals surface area contributed by atoms with Crippen LogP contribution >= 0.6 is 0 Å². The molecular weight excluding hydrogens is 216 g/mol. The quantitative estimate of drug-likeness (QED) is 0.732. The van der Waals surface area contributed by atoms with Crippen molar-refractivity contribution in [1.82, 2.24) is 20.8 Å². The maximum atomic E-state index is 12.0. The molecule has 0 spiro atoms. The van der Waals surface area contributed by atoms with Gasteiger partial charge in [-0.25, -0.2) is 0 Å². The minimum Gasteiger partial charge on any atom is -0.348 e. The molecule has 2 heterocycles. The molecule has 1 fully saturated rings. The molecule has 0 radical (unpaired) electrons. The van der Waals surface area contributed by atoms with Gasteiger partial charge in [-0.15, -0.1) is 0 Å². The van der Waals surface area contributed by atoms with E-state index in [0.717, 1.165) is 24.9 Å². The van der Waals surface area contributed by atoms with Crippen molar-refractivity contribution in [3.63, 3.8) is 0 Å². The van der Waals surface area contributed by atoms with Gasteiger partial charge in [0.15, 0.2) is 0 Å². The van der Waals surface area contributed by atoms with Crippen LogP contribution in [-0.2, 0) is 4.79 Å². The molecule has 1 aromatic heterocycles. The maximum absolute atomic E-state index is 12.0. The lowest BCUT2D eigenvalue weighted by atomic mass is 9.93. The van der Waals surface area contributed by atoms with Crippen LogP contribution in [0.4, 0.5) is 0 Å². The highest BCUT2D eigenvalue weighted by Gasteiger charge is 2.25. The van der Waals surface area contributed by atoms with Crippen molar-refractivity contribution in [2.24, 2.45) is 5.92 Å². The fraction of sp³-hybridized carbons (Fsp3) is 0.667. The molecule has 1 aliphatic heterocycles. The van der Waals surface area contributed by atoms with Gasteiger partial charge >= 0.3 is 0 Å². The molecule has 3 atom stereocenters. The van der Waals surface area contributed by atoms with Gasteiger partial charge in [-0.05, 0) is 32.2 Å². The molecule has 1 saturated heterocycles. The number of H-pyrrole nitrogens is 1. The Labute approximate surface area is 101 Å². The van der Waals surface area contributed by atoms with Gasteiger partial charge in [0.2, 0.25) is 5.91 Å². The molecule has 5 nitrogen and oxygen atoms in total. The molecule has 1 aliphatic rings. The van der Waals surface area contributed by atoms with Crippen molar-refractivity contribution < 1.29 is 4.79 Å². The van der Waals surface area contributed by atoms with E-state index < -0.39 is 0 Å². The summed E-state index contributed by atoms with van der Waals surface area (Å²) in [6, 6.07) is -0.0478. The number of aromatic amines is 1. The monoisotopic (exact) mass is 236 g/mol. The summed E-state index contributed by atoms with van der Waals surface area (Å²) in [6.07, 6.45) is 5.62. The minimum absolute atomic E-state index is 0.000262. The molecule has 94 valence electrons. The zero-order valence-corrected chi connectivity index (χ0v) is 10.4. The molecule has 0 bridgehead atoms. The highest BCUT2D eigenvalue weighted by atomic mass is 16.2. The first-order chi connectivity index (χ1) is 8.16. The topological polar surface area (TPSA) is 69.8 Å². The van der Waals surface area contributed by atoms with Crippen LogP contribution in [0.3, 0.4) is 0 Å². The Kier molecular flexibility index (Phi) is 3.78. The van der Waals surface area contributed by atoms with E-state index >= 15 is 0 Å². The van der Waals surface area contributed by atoms with Gasteiger partial charge in [-0.2, -0.15) is 5.10 Å². The fourth-order valence-corrected chi connectivity index (χ4v) is 2.20. The van der Waals surface area contributed by atoms with Crippen LogP contribution in [0.5, 0.6) is 0 Å². The first-order valence-corrected chi connectivity index (χ1v) is 6.19. The third-order valence-corrected chi connectivity index (χ3v) is 3.36. The molecule has 17 heavy (non-hydrogen) atoms. The number of hydrogen-bond donors (Lipinski definition) is 3. The van der Waals surface area contributed by atoms with Gasteiger partial charge in [0.05, 0.1) is 18.3 Å². The Morgan fingerprint density at radius 3 is 3.12 bits per heavy atom. The van der Waals surface area contributed by atoms with Crippen LogP contribution in [0, 0.1) is 5.92 Å². The first-order valence-electron chi connectivity index (χ1n) is 6.19. The number of carbonyl (C=O) groups is 1. The van der Waals surface area contributed by atoms with Crippen LogP contribution < -0.4 is 10.6 Å². The number of nitrogens with zero attached hydrogens (tertiary/aromatic N) is 1. The van der Waals surface area contributed by atoms with Gasteiger partial charge < -0.3 is 10.6 Å². The molecule has 5 heteroatoms. The second-order valence-electron chi connectivity index (χ2n) is 4.90. The summed E-state index contributed by atoms with van der Waals surface area (Å²) in [7, 11) is 0. The molecule has 3 N–H and O–H groups in total. The van der Waals surface area contributed by atoms with E-state index in [1.54, 1.807) is 6.20 Å². The highest BCUT2D eigenvalue weighted by Crippen LogP contribution is 2.16. The molecule has 2 rings (SSSR count). The molecule has 0 aliphatic carbocycles. The Morgan fingerprint density at radius 2 is 2.47 bits per heavy atom. The lowest BCUT2D eigenvalue weighted by molar-refractivity contribution is -0.124. The molecule has 3 unspecified atom stereocenters. The van der Waals surface area contributed by atoms with E-state index in [9.17, 15) is 4.79 Å². The van der Waals surface area contributed by atoms with Gasteiger partial charge in [-0.1, -0.05) is 6.92 Å². The van der Waals surface area contributed by atoms with Crippen molar-refractivity contribution in [2.75, 3.05) is 6.54 Å². The predicted octanol–water partition coefficient (Wildman–Crippen LogP) is 0.975. The average Bonchev–Trinajstić information content (AvgIpc) is 2.82. The summed E-state index contributed by atoms with van der Waals surface area (Å²) < 4.78 is 0. The smallest absolute Gasteiger partial charge is 0.237 e. The Morgan fingerprint density at radius 1 is 1.65 bits per heavy atom. The fourth-order valence-electron chi connectivity index (χ4n) is 2.20. The second kappa shape index (κ2) is 5.31. The Balaban J connectivity index is 1.88. The number of piperidine rings is 1. The first kappa shape index (κ1) is 12.1. The minimum atomic E-state index is -0.0481. The molecular formula is C12H20N4O. The average molecular weight is 236 g/mol. The van der Waals surface area contributed by atoms with Crippen molar-refractivity contribution >= 4 is 5.91 Å². The van der Waals surface area contributed by atoms with E-state index in [0.29, 0.717) is 5.92 Å². The van der Waals surface area contributed by atoms with Gasteiger partial charge in [0.25, 0.3) is 0 Å². The molecule has 1 aromatic rings. The van der Waals surface area contributed by atoms with Crippen LogP contribution in [0.1, 0.15) is 38.3 Å². The molecule has 1 amide bonds.